The number of aromatic nitrogens is 1. The van der Waals surface area contributed by atoms with Crippen molar-refractivity contribution in [2.75, 3.05) is 26.2 Å². The van der Waals surface area contributed by atoms with Crippen molar-refractivity contribution in [1.29, 1.82) is 0 Å². The molecule has 0 spiro atoms. The highest BCUT2D eigenvalue weighted by Crippen LogP contribution is 2.16. The molecule has 0 bridgehead atoms. The Bertz CT molecular complexity index is 693. The van der Waals surface area contributed by atoms with E-state index >= 15 is 0 Å². The highest BCUT2D eigenvalue weighted by molar-refractivity contribution is 6.11. The van der Waals surface area contributed by atoms with Crippen LogP contribution in [0.15, 0.2) is 59.9 Å². The number of hydrogen-bond donors (Lipinski definition) is 1. The van der Waals surface area contributed by atoms with Gasteiger partial charge in [0.1, 0.15) is 12.3 Å². The molecule has 2 heterocycles. The first-order chi connectivity index (χ1) is 12.7. The molecular formula is C20H23N3O3. The summed E-state index contributed by atoms with van der Waals surface area (Å²) in [5.41, 5.74) is 2.38. The van der Waals surface area contributed by atoms with Crippen molar-refractivity contribution >= 4 is 11.7 Å². The summed E-state index contributed by atoms with van der Waals surface area (Å²) in [5, 5.41) is 13.5. The minimum absolute atomic E-state index is 0.277. The number of aliphatic carboxylic acids is 1. The fraction of sp³-hybridized carbons (Fsp3) is 0.350. The maximum Gasteiger partial charge on any atom is 0.307 e. The van der Waals surface area contributed by atoms with Gasteiger partial charge in [-0.15, -0.1) is 0 Å². The number of hydrogen-bond acceptors (Lipinski definition) is 5. The van der Waals surface area contributed by atoms with Gasteiger partial charge >= 0.3 is 5.97 Å². The molecule has 1 aromatic heterocycles. The zero-order valence-corrected chi connectivity index (χ0v) is 14.6. The molecule has 26 heavy (non-hydrogen) atoms. The third-order valence-corrected chi connectivity index (χ3v) is 4.46. The summed E-state index contributed by atoms with van der Waals surface area (Å²) in [6.45, 7) is 2.56. The Morgan fingerprint density at radius 2 is 2.04 bits per heavy atom. The quantitative estimate of drug-likeness (QED) is 0.470. The van der Waals surface area contributed by atoms with Gasteiger partial charge in [-0.25, -0.2) is 0 Å². The second-order valence-corrected chi connectivity index (χ2v) is 6.33. The van der Waals surface area contributed by atoms with E-state index < -0.39 is 5.97 Å². The van der Waals surface area contributed by atoms with Crippen LogP contribution in [-0.2, 0) is 9.63 Å². The van der Waals surface area contributed by atoms with Crippen LogP contribution in [-0.4, -0.2) is 52.9 Å². The van der Waals surface area contributed by atoms with E-state index in [2.05, 4.69) is 15.0 Å². The van der Waals surface area contributed by atoms with E-state index in [0.717, 1.165) is 30.6 Å². The molecular weight excluding hydrogens is 330 g/mol. The van der Waals surface area contributed by atoms with Crippen LogP contribution in [0.3, 0.4) is 0 Å². The molecule has 1 N–H and O–H groups in total. The van der Waals surface area contributed by atoms with E-state index in [1.807, 2.05) is 48.5 Å². The topological polar surface area (TPSA) is 75.0 Å². The van der Waals surface area contributed by atoms with Gasteiger partial charge in [0.2, 0.25) is 0 Å². The fourth-order valence-corrected chi connectivity index (χ4v) is 3.09. The van der Waals surface area contributed by atoms with Gasteiger partial charge in [0, 0.05) is 24.8 Å². The summed E-state index contributed by atoms with van der Waals surface area (Å²) < 4.78 is 0. The smallest absolute Gasteiger partial charge is 0.307 e. The largest absolute Gasteiger partial charge is 0.481 e. The van der Waals surface area contributed by atoms with Gasteiger partial charge in [-0.05, 0) is 31.5 Å². The molecule has 136 valence electrons. The number of likely N-dealkylation sites (tertiary alicyclic amines) is 1. The van der Waals surface area contributed by atoms with Crippen LogP contribution in [0.4, 0.5) is 0 Å². The van der Waals surface area contributed by atoms with Crippen molar-refractivity contribution in [3.05, 3.63) is 66.0 Å². The highest BCUT2D eigenvalue weighted by Gasteiger charge is 2.25. The van der Waals surface area contributed by atoms with Crippen LogP contribution in [0.25, 0.3) is 0 Å². The van der Waals surface area contributed by atoms with Crippen LogP contribution < -0.4 is 0 Å². The average molecular weight is 353 g/mol. The number of carboxylic acid groups (broad SMARTS) is 1. The number of oxime groups is 1. The van der Waals surface area contributed by atoms with Crippen molar-refractivity contribution in [2.24, 2.45) is 11.1 Å². The normalized spacial score (nSPS) is 18.5. The van der Waals surface area contributed by atoms with Crippen LogP contribution in [0.5, 0.6) is 0 Å². The summed E-state index contributed by atoms with van der Waals surface area (Å²) in [4.78, 5) is 23.2. The number of rotatable bonds is 7. The van der Waals surface area contributed by atoms with Gasteiger partial charge in [-0.1, -0.05) is 41.6 Å². The molecule has 1 fully saturated rings. The number of benzene rings is 1. The Kier molecular flexibility index (Phi) is 6.33. The lowest BCUT2D eigenvalue weighted by molar-refractivity contribution is -0.143. The zero-order chi connectivity index (χ0) is 18.2. The molecule has 1 atom stereocenters. The molecule has 6 heteroatoms. The Morgan fingerprint density at radius 1 is 1.23 bits per heavy atom. The van der Waals surface area contributed by atoms with Crippen LogP contribution in [0, 0.1) is 5.92 Å². The van der Waals surface area contributed by atoms with Gasteiger partial charge in [0.15, 0.2) is 0 Å². The van der Waals surface area contributed by atoms with Crippen molar-refractivity contribution < 1.29 is 14.7 Å². The summed E-state index contributed by atoms with van der Waals surface area (Å²) >= 11 is 0. The third kappa shape index (κ3) is 4.89. The van der Waals surface area contributed by atoms with E-state index in [9.17, 15) is 4.79 Å². The van der Waals surface area contributed by atoms with Gasteiger partial charge < -0.3 is 9.94 Å². The van der Waals surface area contributed by atoms with Crippen molar-refractivity contribution in [2.45, 2.75) is 12.8 Å². The van der Waals surface area contributed by atoms with Gasteiger partial charge in [-0.2, -0.15) is 0 Å². The molecule has 1 aliphatic heterocycles. The second-order valence-electron chi connectivity index (χ2n) is 6.33. The maximum absolute atomic E-state index is 11.1. The number of nitrogens with zero attached hydrogens (tertiary/aromatic N) is 3. The van der Waals surface area contributed by atoms with Crippen molar-refractivity contribution in [3.63, 3.8) is 0 Å². The van der Waals surface area contributed by atoms with Crippen LogP contribution >= 0.6 is 0 Å². The molecule has 0 saturated carbocycles. The molecule has 2 aromatic rings. The monoisotopic (exact) mass is 353 g/mol. The molecule has 1 unspecified atom stereocenters. The fourth-order valence-electron chi connectivity index (χ4n) is 3.09. The van der Waals surface area contributed by atoms with E-state index in [4.69, 9.17) is 9.94 Å². The molecule has 6 nitrogen and oxygen atoms in total. The zero-order valence-electron chi connectivity index (χ0n) is 14.6. The number of carboxylic acids is 1. The average Bonchev–Trinajstić information content (AvgIpc) is 2.69. The molecule has 0 aliphatic carbocycles. The first kappa shape index (κ1) is 18.1. The van der Waals surface area contributed by atoms with Crippen molar-refractivity contribution in [3.8, 4) is 0 Å². The lowest BCUT2D eigenvalue weighted by atomic mass is 9.98. The summed E-state index contributed by atoms with van der Waals surface area (Å²) in [6, 6.07) is 15.5. The Morgan fingerprint density at radius 3 is 2.77 bits per heavy atom. The lowest BCUT2D eigenvalue weighted by Crippen LogP contribution is -2.40. The summed E-state index contributed by atoms with van der Waals surface area (Å²) in [5.74, 6) is -0.990. The van der Waals surface area contributed by atoms with E-state index in [0.29, 0.717) is 25.4 Å². The maximum atomic E-state index is 11.1. The predicted molar refractivity (Wildman–Crippen MR) is 99.1 cm³/mol. The van der Waals surface area contributed by atoms with Crippen LogP contribution in [0.1, 0.15) is 24.1 Å². The predicted octanol–water partition coefficient (Wildman–Crippen LogP) is 2.65. The third-order valence-electron chi connectivity index (χ3n) is 4.46. The first-order valence-corrected chi connectivity index (χ1v) is 8.86. The minimum Gasteiger partial charge on any atom is -0.481 e. The van der Waals surface area contributed by atoms with Gasteiger partial charge in [-0.3, -0.25) is 14.7 Å². The Labute approximate surface area is 153 Å². The molecule has 0 radical (unpaired) electrons. The van der Waals surface area contributed by atoms with E-state index in [1.54, 1.807) is 6.20 Å². The first-order valence-electron chi connectivity index (χ1n) is 8.86. The van der Waals surface area contributed by atoms with Gasteiger partial charge in [0.05, 0.1) is 11.6 Å². The summed E-state index contributed by atoms with van der Waals surface area (Å²) in [6.07, 6.45) is 3.39. The molecule has 0 amide bonds. The molecule has 3 rings (SSSR count). The number of piperidine rings is 1. The SMILES string of the molecule is O=C(O)C1CCCN(CCO/N=C(/c2ccccc2)c2ccccn2)C1. The van der Waals surface area contributed by atoms with Crippen LogP contribution in [0.2, 0.25) is 0 Å². The highest BCUT2D eigenvalue weighted by atomic mass is 16.6. The molecule has 1 aromatic carbocycles. The Hall–Kier alpha value is -2.73. The lowest BCUT2D eigenvalue weighted by Gasteiger charge is -2.29. The summed E-state index contributed by atoms with van der Waals surface area (Å²) in [7, 11) is 0. The molecule has 1 saturated heterocycles. The number of carbonyl (C=O) groups is 1. The van der Waals surface area contributed by atoms with Gasteiger partial charge in [0.25, 0.3) is 0 Å². The standard InChI is InChI=1S/C20H23N3O3/c24-20(25)17-9-6-12-23(15-17)13-14-26-22-19(16-7-2-1-3-8-16)18-10-4-5-11-21-18/h1-5,7-8,10-11,17H,6,9,12-15H2,(H,24,25)/b22-19-. The van der Waals surface area contributed by atoms with Crippen molar-refractivity contribution in [1.82, 2.24) is 9.88 Å². The molecule has 1 aliphatic rings. The Balaban J connectivity index is 1.61. The minimum atomic E-state index is -0.713. The second kappa shape index (κ2) is 9.10. The van der Waals surface area contributed by atoms with E-state index in [-0.39, 0.29) is 5.92 Å². The van der Waals surface area contributed by atoms with E-state index in [1.165, 1.54) is 0 Å². The number of pyridine rings is 1.